The summed E-state index contributed by atoms with van der Waals surface area (Å²) in [4.78, 5) is 45.7. The van der Waals surface area contributed by atoms with Gasteiger partial charge in [0.1, 0.15) is 12.6 Å². The van der Waals surface area contributed by atoms with Crippen LogP contribution in [0.25, 0.3) is 0 Å². The number of nitrogens with two attached hydrogens (primary N) is 1. The summed E-state index contributed by atoms with van der Waals surface area (Å²) < 4.78 is 32.5. The quantitative estimate of drug-likeness (QED) is 0.0239. The van der Waals surface area contributed by atoms with Crippen LogP contribution < -0.4 is 5.73 Å². The molecule has 0 amide bonds. The minimum atomic E-state index is -4.71. The second kappa shape index (κ2) is 35.0. The Morgan fingerprint density at radius 2 is 0.980 bits per heavy atom. The number of hydrogen-bond donors (Lipinski definition) is 3. The molecule has 0 aliphatic carbocycles. The molecule has 12 heteroatoms. The lowest BCUT2D eigenvalue weighted by Gasteiger charge is -2.20. The van der Waals surface area contributed by atoms with Crippen LogP contribution in [0.4, 0.5) is 0 Å². The topological polar surface area (TPSA) is 172 Å². The van der Waals surface area contributed by atoms with Crippen LogP contribution in [0.5, 0.6) is 0 Å². The van der Waals surface area contributed by atoms with Crippen LogP contribution in [-0.4, -0.2) is 59.9 Å². The molecule has 51 heavy (non-hydrogen) atoms. The molecule has 0 aromatic heterocycles. The average molecular weight is 746 g/mol. The van der Waals surface area contributed by atoms with Crippen LogP contribution in [0.15, 0.2) is 24.3 Å². The first-order chi connectivity index (χ1) is 24.6. The van der Waals surface area contributed by atoms with Crippen LogP contribution in [0, 0.1) is 0 Å². The minimum absolute atomic E-state index is 0.149. The predicted molar refractivity (Wildman–Crippen MR) is 203 cm³/mol. The fourth-order valence-electron chi connectivity index (χ4n) is 5.23. The van der Waals surface area contributed by atoms with Gasteiger partial charge in [-0.15, -0.1) is 0 Å². The molecule has 0 fully saturated rings. The summed E-state index contributed by atoms with van der Waals surface area (Å²) in [5.74, 6) is -2.41. The van der Waals surface area contributed by atoms with Crippen LogP contribution in [-0.2, 0) is 37.5 Å². The van der Waals surface area contributed by atoms with Crippen molar-refractivity contribution in [3.05, 3.63) is 24.3 Å². The van der Waals surface area contributed by atoms with Gasteiger partial charge in [-0.3, -0.25) is 23.4 Å². The standard InChI is InChI=1S/C39H72NO10P/c1-3-5-7-9-11-13-15-17-18-19-21-22-24-26-28-30-37(41)47-32-35(33-48-51(45,46)49-34-36(40)39(43)44)50-38(42)31-29-27-25-23-20-16-14-12-10-8-6-4-2/h12,14,19,21,35-36H,3-11,13,15-18,20,22-34,40H2,1-2H3,(H,43,44)(H,45,46)/b14-12+,21-19+/t35-,36+/m1/s1. The number of carboxylic acids is 1. The monoisotopic (exact) mass is 745 g/mol. The van der Waals surface area contributed by atoms with Gasteiger partial charge in [-0.2, -0.15) is 0 Å². The van der Waals surface area contributed by atoms with Gasteiger partial charge in [0.05, 0.1) is 13.2 Å². The van der Waals surface area contributed by atoms with E-state index in [0.29, 0.717) is 12.8 Å². The van der Waals surface area contributed by atoms with Gasteiger partial charge >= 0.3 is 25.7 Å². The van der Waals surface area contributed by atoms with E-state index in [9.17, 15) is 23.8 Å². The van der Waals surface area contributed by atoms with E-state index in [0.717, 1.165) is 64.2 Å². The molecule has 0 heterocycles. The van der Waals surface area contributed by atoms with Gasteiger partial charge in [0.25, 0.3) is 0 Å². The molecule has 1 unspecified atom stereocenters. The SMILES string of the molecule is CCCCC/C=C/CCCCCCCC(=O)O[C@H](COC(=O)CCCCC/C=C/CCCCCCCCCC)COP(=O)(O)OC[C@H](N)C(=O)O. The third-order valence-corrected chi connectivity index (χ3v) is 9.37. The van der Waals surface area contributed by atoms with Crippen molar-refractivity contribution in [3.63, 3.8) is 0 Å². The van der Waals surface area contributed by atoms with Gasteiger partial charge < -0.3 is 25.2 Å². The largest absolute Gasteiger partial charge is 0.480 e. The Kier molecular flexibility index (Phi) is 33.6. The van der Waals surface area contributed by atoms with Crippen LogP contribution in [0.2, 0.25) is 0 Å². The molecule has 3 atom stereocenters. The molecule has 0 saturated heterocycles. The lowest BCUT2D eigenvalue weighted by molar-refractivity contribution is -0.161. The molecule has 11 nitrogen and oxygen atoms in total. The zero-order valence-electron chi connectivity index (χ0n) is 31.9. The number of rotatable bonds is 37. The maximum Gasteiger partial charge on any atom is 0.472 e. The van der Waals surface area contributed by atoms with E-state index in [-0.39, 0.29) is 19.4 Å². The van der Waals surface area contributed by atoms with Crippen molar-refractivity contribution in [2.45, 2.75) is 187 Å². The zero-order valence-corrected chi connectivity index (χ0v) is 32.8. The summed E-state index contributed by atoms with van der Waals surface area (Å²) in [7, 11) is -4.71. The second-order valence-corrected chi connectivity index (χ2v) is 14.9. The van der Waals surface area contributed by atoms with Gasteiger partial charge in [-0.25, -0.2) is 4.57 Å². The number of allylic oxidation sites excluding steroid dienone is 4. The highest BCUT2D eigenvalue weighted by atomic mass is 31.2. The zero-order chi connectivity index (χ0) is 37.8. The van der Waals surface area contributed by atoms with Crippen molar-refractivity contribution in [2.24, 2.45) is 5.73 Å². The molecule has 0 rings (SSSR count). The van der Waals surface area contributed by atoms with E-state index < -0.39 is 51.1 Å². The number of esters is 2. The summed E-state index contributed by atoms with van der Waals surface area (Å²) in [5.41, 5.74) is 5.31. The number of carbonyl (C=O) groups excluding carboxylic acids is 2. The molecular formula is C39H72NO10P. The molecule has 0 aliphatic heterocycles. The number of ether oxygens (including phenoxy) is 2. The Balaban J connectivity index is 4.44. The van der Waals surface area contributed by atoms with Crippen molar-refractivity contribution < 1.29 is 47.5 Å². The molecule has 298 valence electrons. The number of carbonyl (C=O) groups is 3. The van der Waals surface area contributed by atoms with Crippen molar-refractivity contribution >= 4 is 25.7 Å². The molecule has 0 aliphatic rings. The highest BCUT2D eigenvalue weighted by molar-refractivity contribution is 7.47. The fraction of sp³-hybridized carbons (Fsp3) is 0.821. The molecule has 0 bridgehead atoms. The van der Waals surface area contributed by atoms with E-state index in [1.165, 1.54) is 70.6 Å². The van der Waals surface area contributed by atoms with Crippen molar-refractivity contribution in [3.8, 4) is 0 Å². The van der Waals surface area contributed by atoms with Gasteiger partial charge in [0.2, 0.25) is 0 Å². The molecule has 0 saturated carbocycles. The lowest BCUT2D eigenvalue weighted by atomic mass is 10.1. The molecule has 4 N–H and O–H groups in total. The normalized spacial score (nSPS) is 14.1. The summed E-state index contributed by atoms with van der Waals surface area (Å²) >= 11 is 0. The molecule has 0 radical (unpaired) electrons. The Bertz CT molecular complexity index is 974. The smallest absolute Gasteiger partial charge is 0.472 e. The second-order valence-electron chi connectivity index (χ2n) is 13.4. The predicted octanol–water partition coefficient (Wildman–Crippen LogP) is 9.89. The van der Waals surface area contributed by atoms with Crippen molar-refractivity contribution in [1.82, 2.24) is 0 Å². The third kappa shape index (κ3) is 34.8. The summed E-state index contributed by atoms with van der Waals surface area (Å²) in [6, 6.07) is -1.52. The first-order valence-corrected chi connectivity index (χ1v) is 21.4. The minimum Gasteiger partial charge on any atom is -0.480 e. The van der Waals surface area contributed by atoms with E-state index in [4.69, 9.17) is 24.8 Å². The van der Waals surface area contributed by atoms with E-state index in [2.05, 4.69) is 42.7 Å². The third-order valence-electron chi connectivity index (χ3n) is 8.42. The van der Waals surface area contributed by atoms with Gasteiger partial charge in [-0.1, -0.05) is 122 Å². The maximum atomic E-state index is 12.5. The summed E-state index contributed by atoms with van der Waals surface area (Å²) in [6.45, 7) is 2.74. The number of aliphatic carboxylic acids is 1. The Morgan fingerprint density at radius 1 is 0.588 bits per heavy atom. The summed E-state index contributed by atoms with van der Waals surface area (Å²) in [5, 5.41) is 8.86. The number of phosphoric acid groups is 1. The molecule has 0 aromatic rings. The maximum absolute atomic E-state index is 12.5. The Labute approximate surface area is 309 Å². The van der Waals surface area contributed by atoms with E-state index in [1.807, 2.05) is 0 Å². The molecular weight excluding hydrogens is 673 g/mol. The van der Waals surface area contributed by atoms with Crippen LogP contribution in [0.3, 0.4) is 0 Å². The molecule has 0 spiro atoms. The average Bonchev–Trinajstić information content (AvgIpc) is 3.10. The van der Waals surface area contributed by atoms with Crippen molar-refractivity contribution in [1.29, 1.82) is 0 Å². The van der Waals surface area contributed by atoms with E-state index >= 15 is 0 Å². The molecule has 0 aromatic carbocycles. The first kappa shape index (κ1) is 49.0. The Morgan fingerprint density at radius 3 is 1.49 bits per heavy atom. The number of unbranched alkanes of at least 4 members (excludes halogenated alkanes) is 19. The van der Waals surface area contributed by atoms with Gasteiger partial charge in [0, 0.05) is 12.8 Å². The van der Waals surface area contributed by atoms with Crippen LogP contribution in [0.1, 0.15) is 174 Å². The highest BCUT2D eigenvalue weighted by Crippen LogP contribution is 2.43. The van der Waals surface area contributed by atoms with E-state index in [1.54, 1.807) is 0 Å². The summed E-state index contributed by atoms with van der Waals surface area (Å²) in [6.07, 6.45) is 33.9. The van der Waals surface area contributed by atoms with Gasteiger partial charge in [-0.05, 0) is 64.2 Å². The first-order valence-electron chi connectivity index (χ1n) is 19.9. The number of hydrogen-bond acceptors (Lipinski definition) is 9. The highest BCUT2D eigenvalue weighted by Gasteiger charge is 2.28. The van der Waals surface area contributed by atoms with Gasteiger partial charge in [0.15, 0.2) is 6.10 Å². The lowest BCUT2D eigenvalue weighted by Crippen LogP contribution is -2.34. The number of phosphoric ester groups is 1. The van der Waals surface area contributed by atoms with Crippen LogP contribution >= 0.6 is 7.82 Å². The Hall–Kier alpha value is -2.04. The van der Waals surface area contributed by atoms with Crippen molar-refractivity contribution in [2.75, 3.05) is 19.8 Å². The fourth-order valence-corrected chi connectivity index (χ4v) is 6.01. The number of carboxylic acid groups (broad SMARTS) is 1.